The highest BCUT2D eigenvalue weighted by molar-refractivity contribution is 7.88. The summed E-state index contributed by atoms with van der Waals surface area (Å²) >= 11 is 0. The third-order valence-electron chi connectivity index (χ3n) is 4.88. The van der Waals surface area contributed by atoms with Crippen LogP contribution in [-0.4, -0.2) is 69.2 Å². The number of piperazine rings is 1. The van der Waals surface area contributed by atoms with Gasteiger partial charge in [0.1, 0.15) is 0 Å². The fraction of sp³-hybridized carbons (Fsp3) is 1.00. The number of nitrogens with one attached hydrogen (secondary N) is 1. The maximum atomic E-state index is 11.6. The number of sulfonamides is 1. The summed E-state index contributed by atoms with van der Waals surface area (Å²) in [5.74, 6) is 0.810. The molecule has 0 aromatic rings. The molecular formula is C15H31N3O2S. The van der Waals surface area contributed by atoms with Crippen LogP contribution in [0.1, 0.15) is 39.0 Å². The first-order chi connectivity index (χ1) is 10.0. The van der Waals surface area contributed by atoms with E-state index in [1.807, 2.05) is 0 Å². The van der Waals surface area contributed by atoms with Gasteiger partial charge >= 0.3 is 0 Å². The summed E-state index contributed by atoms with van der Waals surface area (Å²) in [6, 6.07) is 0.581. The smallest absolute Gasteiger partial charge is 0.211 e. The Morgan fingerprint density at radius 3 is 2.29 bits per heavy atom. The number of nitrogens with zero attached hydrogens (tertiary/aromatic N) is 2. The number of rotatable bonds is 7. The Bertz CT molecular complexity index is 399. The standard InChI is InChI=1S/C15H31N3O2S/c1-3-8-16-15(14-6-4-5-7-14)13-17-9-11-18(12-10-17)21(2,19)20/h14-16H,3-13H2,1-2H3. The SMILES string of the molecule is CCCNC(CN1CCN(S(C)(=O)=O)CC1)C1CCCC1. The van der Waals surface area contributed by atoms with Crippen LogP contribution in [-0.2, 0) is 10.0 Å². The molecule has 0 aromatic carbocycles. The van der Waals surface area contributed by atoms with Crippen LogP contribution in [0.2, 0.25) is 0 Å². The summed E-state index contributed by atoms with van der Waals surface area (Å²) in [6.07, 6.45) is 7.93. The van der Waals surface area contributed by atoms with Gasteiger partial charge < -0.3 is 5.32 Å². The number of hydrogen-bond donors (Lipinski definition) is 1. The van der Waals surface area contributed by atoms with E-state index in [0.29, 0.717) is 19.1 Å². The molecule has 1 aliphatic heterocycles. The third-order valence-corrected chi connectivity index (χ3v) is 6.18. The predicted molar refractivity (Wildman–Crippen MR) is 86.9 cm³/mol. The van der Waals surface area contributed by atoms with Gasteiger partial charge in [-0.3, -0.25) is 4.90 Å². The molecule has 2 fully saturated rings. The minimum absolute atomic E-state index is 0.581. The van der Waals surface area contributed by atoms with E-state index < -0.39 is 10.0 Å². The fourth-order valence-corrected chi connectivity index (χ4v) is 4.42. The molecule has 0 spiro atoms. The average molecular weight is 317 g/mol. The lowest BCUT2D eigenvalue weighted by molar-refractivity contribution is 0.156. The first-order valence-corrected chi connectivity index (χ1v) is 10.3. The van der Waals surface area contributed by atoms with Crippen molar-refractivity contribution in [3.63, 3.8) is 0 Å². The quantitative estimate of drug-likeness (QED) is 0.764. The van der Waals surface area contributed by atoms with Crippen LogP contribution in [0, 0.1) is 5.92 Å². The van der Waals surface area contributed by atoms with Crippen molar-refractivity contribution in [3.8, 4) is 0 Å². The van der Waals surface area contributed by atoms with Crippen LogP contribution in [0.15, 0.2) is 0 Å². The molecule has 1 aliphatic carbocycles. The van der Waals surface area contributed by atoms with Gasteiger partial charge in [-0.2, -0.15) is 4.31 Å². The molecule has 0 amide bonds. The summed E-state index contributed by atoms with van der Waals surface area (Å²) < 4.78 is 24.7. The van der Waals surface area contributed by atoms with Gasteiger partial charge in [-0.05, 0) is 31.7 Å². The Labute approximate surface area is 130 Å². The van der Waals surface area contributed by atoms with Crippen molar-refractivity contribution in [2.45, 2.75) is 45.1 Å². The van der Waals surface area contributed by atoms with Crippen molar-refractivity contribution in [2.75, 3.05) is 45.5 Å². The second-order valence-corrected chi connectivity index (χ2v) is 8.55. The van der Waals surface area contributed by atoms with Gasteiger partial charge in [0.25, 0.3) is 0 Å². The minimum Gasteiger partial charge on any atom is -0.312 e. The molecule has 2 rings (SSSR count). The topological polar surface area (TPSA) is 52.6 Å². The fourth-order valence-electron chi connectivity index (χ4n) is 3.59. The van der Waals surface area contributed by atoms with Crippen LogP contribution in [0.25, 0.3) is 0 Å². The van der Waals surface area contributed by atoms with E-state index in [9.17, 15) is 8.42 Å². The van der Waals surface area contributed by atoms with E-state index >= 15 is 0 Å². The molecule has 0 aromatic heterocycles. The van der Waals surface area contributed by atoms with Gasteiger partial charge in [-0.25, -0.2) is 8.42 Å². The van der Waals surface area contributed by atoms with Crippen molar-refractivity contribution in [1.29, 1.82) is 0 Å². The Hall–Kier alpha value is -0.170. The summed E-state index contributed by atoms with van der Waals surface area (Å²) in [7, 11) is -3.02. The minimum atomic E-state index is -3.02. The predicted octanol–water partition coefficient (Wildman–Crippen LogP) is 1.12. The zero-order valence-corrected chi connectivity index (χ0v) is 14.4. The van der Waals surface area contributed by atoms with Crippen LogP contribution >= 0.6 is 0 Å². The molecule has 1 saturated heterocycles. The molecule has 124 valence electrons. The molecule has 1 atom stereocenters. The summed E-state index contributed by atoms with van der Waals surface area (Å²) in [5.41, 5.74) is 0. The molecule has 1 heterocycles. The summed E-state index contributed by atoms with van der Waals surface area (Å²) in [5, 5.41) is 3.73. The van der Waals surface area contributed by atoms with Crippen LogP contribution < -0.4 is 5.32 Å². The maximum Gasteiger partial charge on any atom is 0.211 e. The van der Waals surface area contributed by atoms with Crippen LogP contribution in [0.3, 0.4) is 0 Å². The Balaban J connectivity index is 1.83. The molecule has 6 heteroatoms. The van der Waals surface area contributed by atoms with Crippen molar-refractivity contribution in [1.82, 2.24) is 14.5 Å². The van der Waals surface area contributed by atoms with Gasteiger partial charge in [0.15, 0.2) is 0 Å². The van der Waals surface area contributed by atoms with Crippen LogP contribution in [0.4, 0.5) is 0 Å². The molecule has 21 heavy (non-hydrogen) atoms. The lowest BCUT2D eigenvalue weighted by Gasteiger charge is -2.37. The zero-order chi connectivity index (χ0) is 15.3. The summed E-state index contributed by atoms with van der Waals surface area (Å²) in [6.45, 7) is 7.39. The number of hydrogen-bond acceptors (Lipinski definition) is 4. The van der Waals surface area contributed by atoms with E-state index in [-0.39, 0.29) is 0 Å². The molecule has 0 bridgehead atoms. The normalized spacial score (nSPS) is 24.5. The first kappa shape index (κ1) is 17.2. The first-order valence-electron chi connectivity index (χ1n) is 8.41. The average Bonchev–Trinajstić information content (AvgIpc) is 2.97. The monoisotopic (exact) mass is 317 g/mol. The van der Waals surface area contributed by atoms with E-state index in [1.54, 1.807) is 4.31 Å². The molecule has 0 radical (unpaired) electrons. The molecule has 1 unspecified atom stereocenters. The van der Waals surface area contributed by atoms with Crippen molar-refractivity contribution < 1.29 is 8.42 Å². The second kappa shape index (κ2) is 7.90. The second-order valence-electron chi connectivity index (χ2n) is 6.57. The van der Waals surface area contributed by atoms with Gasteiger partial charge in [0.2, 0.25) is 10.0 Å². The molecule has 5 nitrogen and oxygen atoms in total. The molecule has 1 saturated carbocycles. The Morgan fingerprint density at radius 1 is 1.14 bits per heavy atom. The van der Waals surface area contributed by atoms with E-state index in [0.717, 1.165) is 32.1 Å². The van der Waals surface area contributed by atoms with Gasteiger partial charge in [0, 0.05) is 38.8 Å². The molecule has 1 N–H and O–H groups in total. The van der Waals surface area contributed by atoms with E-state index in [1.165, 1.54) is 38.4 Å². The maximum absolute atomic E-state index is 11.6. The van der Waals surface area contributed by atoms with Gasteiger partial charge in [-0.15, -0.1) is 0 Å². The zero-order valence-electron chi connectivity index (χ0n) is 13.6. The van der Waals surface area contributed by atoms with Crippen LogP contribution in [0.5, 0.6) is 0 Å². The van der Waals surface area contributed by atoms with Crippen molar-refractivity contribution in [2.24, 2.45) is 5.92 Å². The van der Waals surface area contributed by atoms with Crippen molar-refractivity contribution >= 4 is 10.0 Å². The third kappa shape index (κ3) is 5.20. The largest absolute Gasteiger partial charge is 0.312 e. The molecule has 2 aliphatic rings. The van der Waals surface area contributed by atoms with Gasteiger partial charge in [0.05, 0.1) is 6.26 Å². The van der Waals surface area contributed by atoms with Crippen molar-refractivity contribution in [3.05, 3.63) is 0 Å². The highest BCUT2D eigenvalue weighted by Crippen LogP contribution is 2.28. The molecular weight excluding hydrogens is 286 g/mol. The Morgan fingerprint density at radius 2 is 1.76 bits per heavy atom. The summed E-state index contributed by atoms with van der Waals surface area (Å²) in [4.78, 5) is 2.44. The Kier molecular flexibility index (Phi) is 6.47. The van der Waals surface area contributed by atoms with Gasteiger partial charge in [-0.1, -0.05) is 19.8 Å². The van der Waals surface area contributed by atoms with E-state index in [4.69, 9.17) is 0 Å². The highest BCUT2D eigenvalue weighted by atomic mass is 32.2. The van der Waals surface area contributed by atoms with E-state index in [2.05, 4.69) is 17.1 Å². The highest BCUT2D eigenvalue weighted by Gasteiger charge is 2.29. The lowest BCUT2D eigenvalue weighted by Crippen LogP contribution is -2.53. The lowest BCUT2D eigenvalue weighted by atomic mass is 9.97.